The molecule has 170 valence electrons. The second kappa shape index (κ2) is 9.95. The van der Waals surface area contributed by atoms with Crippen LogP contribution < -0.4 is 5.73 Å². The van der Waals surface area contributed by atoms with E-state index in [9.17, 15) is 31.1 Å². The molecule has 31 heavy (non-hydrogen) atoms. The van der Waals surface area contributed by atoms with Gasteiger partial charge < -0.3 is 10.8 Å². The van der Waals surface area contributed by atoms with Crippen LogP contribution in [-0.2, 0) is 10.2 Å². The Labute approximate surface area is 179 Å². The van der Waals surface area contributed by atoms with Gasteiger partial charge in [-0.25, -0.2) is 0 Å². The molecule has 0 fully saturated rings. The third-order valence-corrected chi connectivity index (χ3v) is 5.98. The lowest BCUT2D eigenvalue weighted by Gasteiger charge is -2.38. The van der Waals surface area contributed by atoms with Crippen molar-refractivity contribution in [3.63, 3.8) is 0 Å². The number of carbonyl (C=O) groups is 1. The van der Waals surface area contributed by atoms with Gasteiger partial charge in [0.05, 0.1) is 0 Å². The number of carboxylic acid groups (broad SMARTS) is 1. The first-order valence-electron chi connectivity index (χ1n) is 9.25. The van der Waals surface area contributed by atoms with Crippen LogP contribution in [0.25, 0.3) is 11.1 Å². The quantitative estimate of drug-likeness (QED) is 0.372. The smallest absolute Gasteiger partial charge is 0.407 e. The average molecular weight is 465 g/mol. The number of hydrogen-bond donors (Lipinski definition) is 2. The number of alkyl halides is 6. The predicted octanol–water partition coefficient (Wildman–Crippen LogP) is 5.64. The number of benzene rings is 2. The highest BCUT2D eigenvalue weighted by molar-refractivity contribution is 7.99. The van der Waals surface area contributed by atoms with Gasteiger partial charge in [0.2, 0.25) is 0 Å². The van der Waals surface area contributed by atoms with Gasteiger partial charge in [0, 0.05) is 0 Å². The first-order valence-corrected chi connectivity index (χ1v) is 10.4. The molecule has 10 heteroatoms. The molecule has 0 aliphatic heterocycles. The molecule has 0 spiro atoms. The molecule has 2 aromatic rings. The van der Waals surface area contributed by atoms with E-state index in [0.29, 0.717) is 11.1 Å². The molecular weight excluding hydrogens is 444 g/mol. The standard InChI is InChI=1S/C21H21F6NO2S/c22-20(23,24)19(21(25,26)27,11-13-31-12-10-17(28)18(29)30)16-8-6-15(7-9-16)14-4-2-1-3-5-14/h1-9,17H,10-13,28H2,(H,29,30). The molecule has 0 radical (unpaired) electrons. The minimum atomic E-state index is -5.57. The van der Waals surface area contributed by atoms with E-state index in [1.165, 1.54) is 12.1 Å². The van der Waals surface area contributed by atoms with Gasteiger partial charge in [0.25, 0.3) is 0 Å². The Hall–Kier alpha value is -2.20. The fraction of sp³-hybridized carbons (Fsp3) is 0.381. The summed E-state index contributed by atoms with van der Waals surface area (Å²) in [6.07, 6.45) is -12.4. The summed E-state index contributed by atoms with van der Waals surface area (Å²) in [5.41, 5.74) is 1.56. The summed E-state index contributed by atoms with van der Waals surface area (Å²) in [7, 11) is 0. The highest BCUT2D eigenvalue weighted by Crippen LogP contribution is 2.54. The third-order valence-electron chi connectivity index (χ3n) is 4.96. The molecule has 0 aliphatic rings. The van der Waals surface area contributed by atoms with Gasteiger partial charge >= 0.3 is 18.3 Å². The molecule has 1 atom stereocenters. The van der Waals surface area contributed by atoms with Crippen LogP contribution >= 0.6 is 11.8 Å². The number of carboxylic acids is 1. The first kappa shape index (κ1) is 25.1. The van der Waals surface area contributed by atoms with Gasteiger partial charge in [0.1, 0.15) is 6.04 Å². The van der Waals surface area contributed by atoms with Crippen molar-refractivity contribution in [1.29, 1.82) is 0 Å². The van der Waals surface area contributed by atoms with Crippen LogP contribution in [-0.4, -0.2) is 41.0 Å². The Morgan fingerprint density at radius 1 is 0.871 bits per heavy atom. The Kier molecular flexibility index (Phi) is 8.04. The van der Waals surface area contributed by atoms with Crippen LogP contribution in [0.5, 0.6) is 0 Å². The van der Waals surface area contributed by atoms with E-state index in [1.807, 2.05) is 0 Å². The van der Waals surface area contributed by atoms with Crippen LogP contribution in [0.15, 0.2) is 54.6 Å². The minimum absolute atomic E-state index is 0.0339. The molecule has 0 saturated carbocycles. The fourth-order valence-electron chi connectivity index (χ4n) is 3.15. The van der Waals surface area contributed by atoms with Gasteiger partial charge in [0.15, 0.2) is 5.41 Å². The van der Waals surface area contributed by atoms with Crippen LogP contribution in [0, 0.1) is 0 Å². The zero-order chi connectivity index (χ0) is 23.3. The Morgan fingerprint density at radius 2 is 1.39 bits per heavy atom. The van der Waals surface area contributed by atoms with Crippen LogP contribution in [0.3, 0.4) is 0 Å². The lowest BCUT2D eigenvalue weighted by Crippen LogP contribution is -2.54. The number of aliphatic carboxylic acids is 1. The normalized spacial score (nSPS) is 13.8. The van der Waals surface area contributed by atoms with Crippen molar-refractivity contribution in [2.45, 2.75) is 36.7 Å². The summed E-state index contributed by atoms with van der Waals surface area (Å²) in [5, 5.41) is 8.70. The van der Waals surface area contributed by atoms with E-state index in [4.69, 9.17) is 10.8 Å². The van der Waals surface area contributed by atoms with Crippen molar-refractivity contribution in [2.75, 3.05) is 11.5 Å². The second-order valence-corrected chi connectivity index (χ2v) is 8.16. The monoisotopic (exact) mass is 465 g/mol. The zero-order valence-electron chi connectivity index (χ0n) is 16.2. The minimum Gasteiger partial charge on any atom is -0.480 e. The number of nitrogens with two attached hydrogens (primary N) is 1. The van der Waals surface area contributed by atoms with E-state index < -0.39 is 47.5 Å². The molecule has 3 N–H and O–H groups in total. The molecule has 1 unspecified atom stereocenters. The van der Waals surface area contributed by atoms with E-state index in [1.54, 1.807) is 30.3 Å². The Balaban J connectivity index is 2.29. The summed E-state index contributed by atoms with van der Waals surface area (Å²) < 4.78 is 83.4. The maximum absolute atomic E-state index is 13.9. The molecular formula is C21H21F6NO2S. The first-order chi connectivity index (χ1) is 14.4. The average Bonchev–Trinajstić information content (AvgIpc) is 2.69. The van der Waals surface area contributed by atoms with Crippen LogP contribution in [0.1, 0.15) is 18.4 Å². The number of rotatable bonds is 9. The Morgan fingerprint density at radius 3 is 1.87 bits per heavy atom. The molecule has 0 aliphatic carbocycles. The number of hydrogen-bond acceptors (Lipinski definition) is 3. The molecule has 0 saturated heterocycles. The van der Waals surface area contributed by atoms with E-state index in [-0.39, 0.29) is 12.2 Å². The van der Waals surface area contributed by atoms with Gasteiger partial charge in [-0.1, -0.05) is 54.6 Å². The van der Waals surface area contributed by atoms with E-state index in [2.05, 4.69) is 0 Å². The highest BCUT2D eigenvalue weighted by Gasteiger charge is 2.70. The van der Waals surface area contributed by atoms with Crippen molar-refractivity contribution in [1.82, 2.24) is 0 Å². The van der Waals surface area contributed by atoms with Crippen LogP contribution in [0.2, 0.25) is 0 Å². The topological polar surface area (TPSA) is 63.3 Å². The van der Waals surface area contributed by atoms with E-state index in [0.717, 1.165) is 23.9 Å². The van der Waals surface area contributed by atoms with Gasteiger partial charge in [-0.2, -0.15) is 38.1 Å². The predicted molar refractivity (Wildman–Crippen MR) is 108 cm³/mol. The molecule has 2 aromatic carbocycles. The maximum Gasteiger partial charge on any atom is 0.407 e. The molecule has 0 aromatic heterocycles. The molecule has 3 nitrogen and oxygen atoms in total. The highest BCUT2D eigenvalue weighted by atomic mass is 32.2. The molecule has 2 rings (SSSR count). The Bertz CT molecular complexity index is 839. The van der Waals surface area contributed by atoms with Crippen molar-refractivity contribution in [2.24, 2.45) is 5.73 Å². The summed E-state index contributed by atoms with van der Waals surface area (Å²) in [6.45, 7) is 0. The number of halogens is 6. The maximum atomic E-state index is 13.9. The molecule has 0 heterocycles. The number of thioether (sulfide) groups is 1. The largest absolute Gasteiger partial charge is 0.480 e. The summed E-state index contributed by atoms with van der Waals surface area (Å²) in [4.78, 5) is 10.7. The fourth-order valence-corrected chi connectivity index (χ4v) is 4.23. The van der Waals surface area contributed by atoms with Crippen molar-refractivity contribution < 1.29 is 36.2 Å². The zero-order valence-corrected chi connectivity index (χ0v) is 17.0. The van der Waals surface area contributed by atoms with Gasteiger partial charge in [-0.05, 0) is 41.0 Å². The molecule has 0 amide bonds. The van der Waals surface area contributed by atoms with Gasteiger partial charge in [-0.15, -0.1) is 0 Å². The summed E-state index contributed by atoms with van der Waals surface area (Å²) in [5.74, 6) is -1.71. The van der Waals surface area contributed by atoms with Gasteiger partial charge in [-0.3, -0.25) is 4.79 Å². The van der Waals surface area contributed by atoms with Crippen molar-refractivity contribution in [3.8, 4) is 11.1 Å². The summed E-state index contributed by atoms with van der Waals surface area (Å²) >= 11 is 0.809. The van der Waals surface area contributed by atoms with Crippen molar-refractivity contribution in [3.05, 3.63) is 60.2 Å². The summed E-state index contributed by atoms with van der Waals surface area (Å²) in [6, 6.07) is 11.6. The second-order valence-electron chi connectivity index (χ2n) is 6.94. The third kappa shape index (κ3) is 5.74. The lowest BCUT2D eigenvalue weighted by atomic mass is 9.76. The van der Waals surface area contributed by atoms with Crippen molar-refractivity contribution >= 4 is 17.7 Å². The lowest BCUT2D eigenvalue weighted by molar-refractivity contribution is -0.304. The SMILES string of the molecule is NC(CCSCCC(c1ccc(-c2ccccc2)cc1)(C(F)(F)F)C(F)(F)F)C(=O)O. The van der Waals surface area contributed by atoms with Crippen LogP contribution in [0.4, 0.5) is 26.3 Å². The molecule has 0 bridgehead atoms. The van der Waals surface area contributed by atoms with E-state index >= 15 is 0 Å².